The Kier molecular flexibility index (Phi) is 8.52. The minimum Gasteiger partial charge on any atom is -0.489 e. The summed E-state index contributed by atoms with van der Waals surface area (Å²) in [4.78, 5) is 17.7. The topological polar surface area (TPSA) is 50.6 Å². The molecule has 2 aromatic rings. The van der Waals surface area contributed by atoms with E-state index in [1.807, 2.05) is 20.0 Å². The summed E-state index contributed by atoms with van der Waals surface area (Å²) in [7, 11) is 0. The maximum atomic E-state index is 14.1. The molecule has 0 spiro atoms. The first-order valence-electron chi connectivity index (χ1n) is 12.9. The summed E-state index contributed by atoms with van der Waals surface area (Å²) in [6.07, 6.45) is 7.65. The van der Waals surface area contributed by atoms with Gasteiger partial charge in [-0.3, -0.25) is 4.79 Å². The lowest BCUT2D eigenvalue weighted by Crippen LogP contribution is -2.38. The van der Waals surface area contributed by atoms with Crippen molar-refractivity contribution in [2.24, 2.45) is 0 Å². The van der Waals surface area contributed by atoms with Crippen molar-refractivity contribution >= 4 is 23.7 Å². The summed E-state index contributed by atoms with van der Waals surface area (Å²) in [5, 5.41) is 5.33. The molecule has 8 heteroatoms. The Labute approximate surface area is 218 Å². The Morgan fingerprint density at radius 1 is 1.25 bits per heavy atom. The fourth-order valence-electron chi connectivity index (χ4n) is 4.94. The molecule has 0 atom stereocenters. The standard InChI is InChI=1S/C28H36ClFN4O2/c1-5-7-19(3)25(29)17-34-20(4)24-16-33(18-26(24)31-34)28(35)23-9-8-21(30)15-27(23)36-22-10-13-32(12-6-2)14-11-22/h7-9,15,17,22H,5-6,10-14,16,18H2,1-4H3/b19-7+,25-17+. The molecule has 1 aromatic carbocycles. The minimum absolute atomic E-state index is 0.0194. The van der Waals surface area contributed by atoms with Crippen molar-refractivity contribution in [3.05, 3.63) is 63.2 Å². The first kappa shape index (κ1) is 26.4. The van der Waals surface area contributed by atoms with Gasteiger partial charge in [0.25, 0.3) is 5.91 Å². The molecule has 1 amide bonds. The van der Waals surface area contributed by atoms with Crippen LogP contribution in [0.15, 0.2) is 34.9 Å². The second kappa shape index (κ2) is 11.6. The summed E-state index contributed by atoms with van der Waals surface area (Å²) in [5.74, 6) is -0.251. The maximum absolute atomic E-state index is 14.1. The number of piperidine rings is 1. The second-order valence-electron chi connectivity index (χ2n) is 9.69. The quantitative estimate of drug-likeness (QED) is 0.397. The van der Waals surface area contributed by atoms with Gasteiger partial charge in [-0.25, -0.2) is 9.07 Å². The number of amides is 1. The number of fused-ring (bicyclic) bond motifs is 1. The average molecular weight is 515 g/mol. The summed E-state index contributed by atoms with van der Waals surface area (Å²) >= 11 is 6.45. The van der Waals surface area contributed by atoms with Gasteiger partial charge in [-0.2, -0.15) is 5.10 Å². The fourth-order valence-corrected chi connectivity index (χ4v) is 5.11. The van der Waals surface area contributed by atoms with Crippen molar-refractivity contribution in [1.82, 2.24) is 19.6 Å². The lowest BCUT2D eigenvalue weighted by molar-refractivity contribution is 0.0727. The normalized spacial score (nSPS) is 17.6. The largest absolute Gasteiger partial charge is 0.489 e. The van der Waals surface area contributed by atoms with Gasteiger partial charge in [0.15, 0.2) is 0 Å². The van der Waals surface area contributed by atoms with Crippen molar-refractivity contribution in [1.29, 1.82) is 0 Å². The SMILES string of the molecule is CC/C=C(C)/C(Cl)=C\n1nc2c(c1C)CN(C(=O)c1ccc(F)cc1OC1CCN(CCC)CC1)C2. The molecular formula is C28H36ClFN4O2. The van der Waals surface area contributed by atoms with E-state index in [-0.39, 0.29) is 12.0 Å². The van der Waals surface area contributed by atoms with E-state index in [0.29, 0.717) is 29.4 Å². The van der Waals surface area contributed by atoms with Crippen molar-refractivity contribution in [2.45, 2.75) is 72.6 Å². The molecule has 1 aromatic heterocycles. The smallest absolute Gasteiger partial charge is 0.258 e. The summed E-state index contributed by atoms with van der Waals surface area (Å²) in [6, 6.07) is 4.20. The number of likely N-dealkylation sites (tertiary alicyclic amines) is 1. The van der Waals surface area contributed by atoms with E-state index in [9.17, 15) is 9.18 Å². The number of ether oxygens (including phenoxy) is 1. The Morgan fingerprint density at radius 2 is 2.00 bits per heavy atom. The molecule has 0 radical (unpaired) electrons. The van der Waals surface area contributed by atoms with Crippen LogP contribution in [-0.2, 0) is 13.1 Å². The van der Waals surface area contributed by atoms with Crippen molar-refractivity contribution in [3.63, 3.8) is 0 Å². The number of benzene rings is 1. The number of hydrogen-bond donors (Lipinski definition) is 0. The van der Waals surface area contributed by atoms with E-state index in [2.05, 4.69) is 24.8 Å². The highest BCUT2D eigenvalue weighted by Gasteiger charge is 2.31. The zero-order chi connectivity index (χ0) is 25.8. The third-order valence-electron chi connectivity index (χ3n) is 7.00. The molecule has 194 valence electrons. The second-order valence-corrected chi connectivity index (χ2v) is 10.1. The van der Waals surface area contributed by atoms with Gasteiger partial charge in [0, 0.05) is 36.6 Å². The minimum atomic E-state index is -0.405. The molecule has 1 saturated heterocycles. The average Bonchev–Trinajstić information content (AvgIpc) is 3.39. The van der Waals surface area contributed by atoms with E-state index >= 15 is 0 Å². The van der Waals surface area contributed by atoms with Crippen molar-refractivity contribution in [3.8, 4) is 5.75 Å². The molecule has 0 bridgehead atoms. The molecular weight excluding hydrogens is 479 g/mol. The van der Waals surface area contributed by atoms with Crippen LogP contribution >= 0.6 is 11.6 Å². The van der Waals surface area contributed by atoms with Gasteiger partial charge in [0.05, 0.1) is 29.4 Å². The Morgan fingerprint density at radius 3 is 2.67 bits per heavy atom. The Bertz CT molecular complexity index is 1160. The fraction of sp³-hybridized carbons (Fsp3) is 0.500. The van der Waals surface area contributed by atoms with Gasteiger partial charge in [-0.1, -0.05) is 31.5 Å². The summed E-state index contributed by atoms with van der Waals surface area (Å²) < 4.78 is 22.1. The number of nitrogens with zero attached hydrogens (tertiary/aromatic N) is 4. The van der Waals surface area contributed by atoms with Crippen molar-refractivity contribution < 1.29 is 13.9 Å². The molecule has 36 heavy (non-hydrogen) atoms. The van der Waals surface area contributed by atoms with Gasteiger partial charge >= 0.3 is 0 Å². The van der Waals surface area contributed by atoms with Crippen LogP contribution < -0.4 is 4.74 Å². The van der Waals surface area contributed by atoms with Gasteiger partial charge in [0.2, 0.25) is 0 Å². The van der Waals surface area contributed by atoms with Crippen LogP contribution in [0.1, 0.15) is 73.8 Å². The monoisotopic (exact) mass is 514 g/mol. The van der Waals surface area contributed by atoms with Crippen LogP contribution in [0, 0.1) is 12.7 Å². The molecule has 6 nitrogen and oxygen atoms in total. The lowest BCUT2D eigenvalue weighted by atomic mass is 10.1. The van der Waals surface area contributed by atoms with Crippen molar-refractivity contribution in [2.75, 3.05) is 19.6 Å². The highest BCUT2D eigenvalue weighted by Crippen LogP contribution is 2.31. The van der Waals surface area contributed by atoms with E-state index in [1.165, 1.54) is 18.2 Å². The molecule has 0 aliphatic carbocycles. The van der Waals surface area contributed by atoms with Crippen LogP contribution in [0.4, 0.5) is 4.39 Å². The van der Waals surface area contributed by atoms with E-state index in [1.54, 1.807) is 9.58 Å². The van der Waals surface area contributed by atoms with Crippen LogP contribution in [-0.4, -0.2) is 51.2 Å². The molecule has 0 saturated carbocycles. The summed E-state index contributed by atoms with van der Waals surface area (Å²) in [5.41, 5.74) is 4.23. The predicted molar refractivity (Wildman–Crippen MR) is 141 cm³/mol. The highest BCUT2D eigenvalue weighted by atomic mass is 35.5. The zero-order valence-electron chi connectivity index (χ0n) is 21.7. The number of carbonyl (C=O) groups is 1. The summed E-state index contributed by atoms with van der Waals surface area (Å²) in [6.45, 7) is 12.0. The van der Waals surface area contributed by atoms with E-state index in [4.69, 9.17) is 21.4 Å². The van der Waals surface area contributed by atoms with Gasteiger partial charge < -0.3 is 14.5 Å². The van der Waals surface area contributed by atoms with E-state index in [0.717, 1.165) is 67.8 Å². The zero-order valence-corrected chi connectivity index (χ0v) is 22.4. The molecule has 2 aliphatic rings. The van der Waals surface area contributed by atoms with E-state index < -0.39 is 5.82 Å². The molecule has 4 rings (SSSR count). The van der Waals surface area contributed by atoms with Gasteiger partial charge in [-0.15, -0.1) is 0 Å². The van der Waals surface area contributed by atoms with Crippen LogP contribution in [0.2, 0.25) is 0 Å². The number of rotatable bonds is 8. The molecule has 1 fully saturated rings. The number of carbonyl (C=O) groups excluding carboxylic acids is 1. The molecule has 0 unspecified atom stereocenters. The highest BCUT2D eigenvalue weighted by molar-refractivity contribution is 6.33. The molecule has 2 aliphatic heterocycles. The third kappa shape index (κ3) is 5.84. The third-order valence-corrected chi connectivity index (χ3v) is 7.39. The number of aromatic nitrogens is 2. The first-order valence-corrected chi connectivity index (χ1v) is 13.3. The van der Waals surface area contributed by atoms with Crippen LogP contribution in [0.25, 0.3) is 6.20 Å². The van der Waals surface area contributed by atoms with Crippen LogP contribution in [0.3, 0.4) is 0 Å². The maximum Gasteiger partial charge on any atom is 0.258 e. The number of hydrogen-bond acceptors (Lipinski definition) is 4. The van der Waals surface area contributed by atoms with Crippen LogP contribution in [0.5, 0.6) is 5.75 Å². The Balaban J connectivity index is 1.47. The Hall–Kier alpha value is -2.64. The predicted octanol–water partition coefficient (Wildman–Crippen LogP) is 6.13. The van der Waals surface area contributed by atoms with Gasteiger partial charge in [0.1, 0.15) is 17.7 Å². The molecule has 3 heterocycles. The van der Waals surface area contributed by atoms with Gasteiger partial charge in [-0.05, 0) is 63.8 Å². The lowest BCUT2D eigenvalue weighted by Gasteiger charge is -2.32. The molecule has 0 N–H and O–H groups in total. The number of allylic oxidation sites excluding steroid dienone is 3. The first-order chi connectivity index (χ1) is 17.3. The number of halogens is 2.